The summed E-state index contributed by atoms with van der Waals surface area (Å²) in [6.07, 6.45) is 1.92. The van der Waals surface area contributed by atoms with Gasteiger partial charge in [-0.25, -0.2) is 4.98 Å². The molecule has 18 rings (SSSR count). The number of benzene rings is 9. The first-order valence-corrected chi connectivity index (χ1v) is 26.2. The van der Waals surface area contributed by atoms with Gasteiger partial charge in [0.2, 0.25) is 0 Å². The van der Waals surface area contributed by atoms with Crippen molar-refractivity contribution >= 4 is 38.9 Å². The number of fused-ring (bicyclic) bond motifs is 4. The number of rotatable bonds is 6. The van der Waals surface area contributed by atoms with E-state index in [1.165, 1.54) is 55.6 Å². The Bertz CT molecular complexity index is 4050. The molecule has 0 N–H and O–H groups in total. The molecule has 3 heterocycles. The number of nitrogens with zero attached hydrogens (tertiary/aromatic N) is 4. The molecule has 0 saturated heterocycles. The molecule has 9 aromatic carbocycles. The van der Waals surface area contributed by atoms with Crippen molar-refractivity contribution in [2.75, 3.05) is 9.80 Å². The molecule has 0 saturated carbocycles. The van der Waals surface area contributed by atoms with Gasteiger partial charge in [0.25, 0.3) is 0 Å². The van der Waals surface area contributed by atoms with Crippen LogP contribution in [0.25, 0.3) is 38.8 Å². The van der Waals surface area contributed by atoms with Crippen molar-refractivity contribution in [3.8, 4) is 28.4 Å². The Balaban J connectivity index is 0.00000528. The summed E-state index contributed by atoms with van der Waals surface area (Å²) in [5.74, 6) is 2.11. The van der Waals surface area contributed by atoms with Crippen LogP contribution in [-0.4, -0.2) is 9.55 Å². The van der Waals surface area contributed by atoms with Gasteiger partial charge in [-0.1, -0.05) is 185 Å². The second-order valence-electron chi connectivity index (χ2n) is 22.3. The van der Waals surface area contributed by atoms with Gasteiger partial charge in [0, 0.05) is 72.4 Å². The summed E-state index contributed by atoms with van der Waals surface area (Å²) in [6.45, 7) is 14.1. The van der Waals surface area contributed by atoms with E-state index < -0.39 is 11.0 Å². The standard InChI is InChI=1S/C70H53N4O.Pt/c1-67(2,3)47-38-39-71-65(41-47)74-61-37-34-46(45-20-7-6-8-21-45)40-54(61)51-36-35-50(43-64(51)74)75-49-23-19-22-48(42-49)72-44-73(63-33-18-17-32-62(63)72)70-55-26-11-9-24-52(55)66(53-25-10-12-27-56(53)70)68(4)57-28-13-15-30-59(57)69(70,5)60-31-16-14-29-58(60)68;/h6-41,44,66H,1-5H3;/q-3;. The van der Waals surface area contributed by atoms with Crippen LogP contribution >= 0.6 is 0 Å². The van der Waals surface area contributed by atoms with Crippen LogP contribution in [0, 0.1) is 18.8 Å². The molecule has 5 nitrogen and oxygen atoms in total. The minimum atomic E-state index is -0.741. The van der Waals surface area contributed by atoms with Crippen molar-refractivity contribution in [1.29, 1.82) is 0 Å². The van der Waals surface area contributed by atoms with Gasteiger partial charge in [-0.3, -0.25) is 0 Å². The molecule has 6 heteroatoms. The molecule has 7 aliphatic rings. The molecule has 0 amide bonds. The second-order valence-corrected chi connectivity index (χ2v) is 22.3. The van der Waals surface area contributed by atoms with Crippen LogP contribution in [-0.2, 0) is 42.8 Å². The maximum absolute atomic E-state index is 6.89. The summed E-state index contributed by atoms with van der Waals surface area (Å²) in [5.41, 5.74) is 17.8. The summed E-state index contributed by atoms with van der Waals surface area (Å²) >= 11 is 0. The van der Waals surface area contributed by atoms with Gasteiger partial charge >= 0.3 is 0 Å². The Morgan fingerprint density at radius 1 is 0.539 bits per heavy atom. The van der Waals surface area contributed by atoms with Crippen molar-refractivity contribution in [2.45, 2.75) is 62.3 Å². The van der Waals surface area contributed by atoms with Gasteiger partial charge in [0.05, 0.1) is 5.54 Å². The zero-order valence-corrected chi connectivity index (χ0v) is 45.2. The van der Waals surface area contributed by atoms with E-state index in [1.807, 2.05) is 18.3 Å². The van der Waals surface area contributed by atoms with Crippen molar-refractivity contribution in [1.82, 2.24) is 9.55 Å². The summed E-state index contributed by atoms with van der Waals surface area (Å²) in [5, 5.41) is 2.20. The van der Waals surface area contributed by atoms with Crippen LogP contribution in [0.2, 0.25) is 0 Å². The van der Waals surface area contributed by atoms with Gasteiger partial charge in [0.1, 0.15) is 5.82 Å². The Morgan fingerprint density at radius 2 is 1.14 bits per heavy atom. The first-order valence-electron chi connectivity index (χ1n) is 26.2. The number of anilines is 3. The number of aromatic nitrogens is 2. The average Bonchev–Trinajstić information content (AvgIpc) is 2.91. The fourth-order valence-electron chi connectivity index (χ4n) is 14.2. The molecule has 0 radical (unpaired) electrons. The van der Waals surface area contributed by atoms with Crippen LogP contribution in [0.1, 0.15) is 90.6 Å². The Morgan fingerprint density at radius 3 is 1.83 bits per heavy atom. The number of pyridine rings is 1. The molecule has 2 aromatic heterocycles. The third-order valence-electron chi connectivity index (χ3n) is 17.5. The van der Waals surface area contributed by atoms with Gasteiger partial charge in [-0.05, 0) is 109 Å². The summed E-state index contributed by atoms with van der Waals surface area (Å²) < 4.78 is 9.12. The SMILES string of the molecule is CC(C)(C)c1ccnc(-n2c3[c-]c(Oc4[c-]c(N5[CH-]N(C67c8ccccc8C(c8ccccc86)C6(C)c8ccccc8C7(C)c7ccccc76)c6ccccc65)ccc4)ccc3c3cc(-c4ccccc4)ccc32)c1.[Pt]. The molecular formula is C70H53N4OPt-3. The largest absolute Gasteiger partial charge is 0.509 e. The average molecular weight is 1160 g/mol. The van der Waals surface area contributed by atoms with Crippen molar-refractivity contribution in [3.63, 3.8) is 0 Å². The molecule has 0 spiro atoms. The quantitative estimate of drug-likeness (QED) is 0.155. The van der Waals surface area contributed by atoms with E-state index in [4.69, 9.17) is 9.72 Å². The van der Waals surface area contributed by atoms with Crippen molar-refractivity contribution < 1.29 is 25.8 Å². The number of ether oxygens (including phenoxy) is 1. The minimum Gasteiger partial charge on any atom is -0.509 e. The van der Waals surface area contributed by atoms with Crippen LogP contribution in [0.3, 0.4) is 0 Å². The summed E-state index contributed by atoms with van der Waals surface area (Å²) in [7, 11) is 0. The summed E-state index contributed by atoms with van der Waals surface area (Å²) in [6, 6.07) is 85.7. The third kappa shape index (κ3) is 6.21. The first kappa shape index (κ1) is 46.5. The minimum absolute atomic E-state index is 0. The van der Waals surface area contributed by atoms with Gasteiger partial charge in [-0.2, -0.15) is 18.8 Å². The number of para-hydroxylation sites is 2. The maximum Gasteiger partial charge on any atom is 0.135 e. The number of hydrogen-bond acceptors (Lipinski definition) is 4. The molecule has 0 fully saturated rings. The van der Waals surface area contributed by atoms with E-state index in [2.05, 4.69) is 268 Å². The van der Waals surface area contributed by atoms with E-state index in [0.717, 1.165) is 50.2 Å². The normalized spacial score (nSPS) is 20.5. The predicted molar refractivity (Wildman–Crippen MR) is 304 cm³/mol. The van der Waals surface area contributed by atoms with E-state index >= 15 is 0 Å². The zero-order chi connectivity index (χ0) is 50.4. The van der Waals surface area contributed by atoms with E-state index in [-0.39, 0.29) is 37.8 Å². The maximum atomic E-state index is 6.89. The molecule has 372 valence electrons. The monoisotopic (exact) mass is 1160 g/mol. The summed E-state index contributed by atoms with van der Waals surface area (Å²) in [4.78, 5) is 9.90. The first-order chi connectivity index (χ1) is 36.6. The Kier molecular flexibility index (Phi) is 10.3. The van der Waals surface area contributed by atoms with Crippen LogP contribution in [0.4, 0.5) is 17.1 Å². The molecule has 11 aromatic rings. The van der Waals surface area contributed by atoms with Crippen LogP contribution < -0.4 is 14.5 Å². The molecule has 0 unspecified atom stereocenters. The van der Waals surface area contributed by atoms with E-state index in [0.29, 0.717) is 11.5 Å². The molecule has 76 heavy (non-hydrogen) atoms. The molecule has 1 aliphatic heterocycles. The van der Waals surface area contributed by atoms with Crippen LogP contribution in [0.5, 0.6) is 11.5 Å². The second kappa shape index (κ2) is 16.8. The van der Waals surface area contributed by atoms with Crippen LogP contribution in [0.15, 0.2) is 219 Å². The fourth-order valence-corrected chi connectivity index (χ4v) is 14.2. The topological polar surface area (TPSA) is 33.5 Å². The number of hydrogen-bond donors (Lipinski definition) is 0. The van der Waals surface area contributed by atoms with E-state index in [9.17, 15) is 0 Å². The molecule has 0 atom stereocenters. The van der Waals surface area contributed by atoms with Gasteiger partial charge in [0.15, 0.2) is 0 Å². The molecule has 4 bridgehead atoms. The van der Waals surface area contributed by atoms with Gasteiger partial charge in [-0.15, -0.1) is 41.4 Å². The molecule has 6 aliphatic carbocycles. The Hall–Kier alpha value is -7.98. The van der Waals surface area contributed by atoms with Crippen molar-refractivity contribution in [2.24, 2.45) is 0 Å². The van der Waals surface area contributed by atoms with E-state index in [1.54, 1.807) is 0 Å². The van der Waals surface area contributed by atoms with Crippen molar-refractivity contribution in [3.05, 3.63) is 287 Å². The third-order valence-corrected chi connectivity index (χ3v) is 17.5. The fraction of sp³-hybridized carbons (Fsp3) is 0.143. The Labute approximate surface area is 459 Å². The predicted octanol–water partition coefficient (Wildman–Crippen LogP) is 16.6. The zero-order valence-electron chi connectivity index (χ0n) is 43.0. The van der Waals surface area contributed by atoms with Gasteiger partial charge < -0.3 is 19.1 Å². The smallest absolute Gasteiger partial charge is 0.135 e. The molecular weight excluding hydrogens is 1110 g/mol.